The molecule has 3 aromatic carbocycles. The summed E-state index contributed by atoms with van der Waals surface area (Å²) in [4.78, 5) is 40.5. The molecule has 2 amide bonds. The summed E-state index contributed by atoms with van der Waals surface area (Å²) in [6.07, 6.45) is 16.0. The third-order valence-electron chi connectivity index (χ3n) is 15.9. The summed E-state index contributed by atoms with van der Waals surface area (Å²) in [5, 5.41) is 2.72. The highest BCUT2D eigenvalue weighted by Crippen LogP contribution is 2.48. The van der Waals surface area contributed by atoms with E-state index in [1.54, 1.807) is 23.9 Å². The number of fused-ring (bicyclic) bond motifs is 5. The fourth-order valence-electron chi connectivity index (χ4n) is 11.3. The van der Waals surface area contributed by atoms with Crippen LogP contribution in [0.4, 0.5) is 11.4 Å². The van der Waals surface area contributed by atoms with Crippen LogP contribution in [0.1, 0.15) is 69.2 Å². The molecule has 0 unspecified atom stereocenters. The first kappa shape index (κ1) is 56.5. The zero-order chi connectivity index (χ0) is 53.7. The molecule has 3 aromatic rings. The van der Waals surface area contributed by atoms with Crippen molar-refractivity contribution in [3.63, 3.8) is 0 Å². The molecule has 0 atom stereocenters. The van der Waals surface area contributed by atoms with Crippen molar-refractivity contribution in [3.8, 4) is 0 Å². The van der Waals surface area contributed by atoms with Crippen LogP contribution < -0.4 is 16.0 Å². The van der Waals surface area contributed by atoms with Crippen LogP contribution in [-0.4, -0.2) is 161 Å². The maximum atomic E-state index is 13.9. The van der Waals surface area contributed by atoms with Crippen LogP contribution in [0.25, 0.3) is 0 Å². The number of rotatable bonds is 24. The largest absolute Gasteiger partial charge is 0.365 e. The molecule has 5 heterocycles. The van der Waals surface area contributed by atoms with Crippen molar-refractivity contribution in [2.45, 2.75) is 75.5 Å². The summed E-state index contributed by atoms with van der Waals surface area (Å²) in [5.41, 5.74) is 12.8. The van der Waals surface area contributed by atoms with E-state index in [-0.39, 0.29) is 72.4 Å². The number of primary amides is 1. The number of hydrogen-bond acceptors (Lipinski definition) is 9. The predicted molar refractivity (Wildman–Crippen MR) is 296 cm³/mol. The third-order valence-corrected chi connectivity index (χ3v) is 19.3. The molecule has 4 N–H and O–H groups in total. The van der Waals surface area contributed by atoms with E-state index in [4.69, 9.17) is 5.73 Å². The molecule has 0 saturated carbocycles. The van der Waals surface area contributed by atoms with Gasteiger partial charge in [-0.3, -0.25) is 18.9 Å². The van der Waals surface area contributed by atoms with Gasteiger partial charge in [-0.05, 0) is 86.1 Å². The average molecular weight is 1070 g/mol. The maximum Gasteiger partial charge on any atom is 0.272 e. The van der Waals surface area contributed by atoms with E-state index < -0.39 is 25.6 Å². The highest BCUT2D eigenvalue weighted by atomic mass is 32.2. The molecule has 3 saturated heterocycles. The van der Waals surface area contributed by atoms with Gasteiger partial charge in [0, 0.05) is 78.8 Å². The first-order valence-electron chi connectivity index (χ1n) is 25.6. The van der Waals surface area contributed by atoms with Crippen molar-refractivity contribution >= 4 is 66.6 Å². The van der Waals surface area contributed by atoms with Crippen molar-refractivity contribution in [1.82, 2.24) is 9.62 Å². The molecular weight excluding hydrogens is 995 g/mol. The van der Waals surface area contributed by atoms with E-state index in [9.17, 15) is 35.8 Å². The molecule has 5 aliphatic heterocycles. The number of benzene rings is 3. The second-order valence-corrected chi connectivity index (χ2v) is 26.1. The fraction of sp³-hybridized carbons (Fsp3) is 0.464. The normalized spacial score (nSPS) is 21.8. The van der Waals surface area contributed by atoms with Gasteiger partial charge in [0.25, 0.3) is 16.0 Å². The Bertz CT molecular complexity index is 2990. The van der Waals surface area contributed by atoms with Crippen LogP contribution in [0, 0.1) is 0 Å². The highest BCUT2D eigenvalue weighted by Gasteiger charge is 2.49. The van der Waals surface area contributed by atoms with Gasteiger partial charge in [0.15, 0.2) is 18.0 Å². The van der Waals surface area contributed by atoms with Crippen LogP contribution in [0.2, 0.25) is 0 Å². The summed E-state index contributed by atoms with van der Waals surface area (Å²) in [5.74, 6) is -0.936. The zero-order valence-electron chi connectivity index (χ0n) is 44.2. The van der Waals surface area contributed by atoms with E-state index in [0.717, 1.165) is 106 Å². The summed E-state index contributed by atoms with van der Waals surface area (Å²) in [6, 6.07) is 21.5. The number of nitrogens with one attached hydrogen (secondary N) is 1. The topological polar surface area (TPSA) is 187 Å². The smallest absolute Gasteiger partial charge is 0.272 e. The molecule has 0 aliphatic carbocycles. The Labute approximate surface area is 443 Å². The van der Waals surface area contributed by atoms with E-state index in [1.807, 2.05) is 74.0 Å². The second kappa shape index (κ2) is 22.9. The third kappa shape index (κ3) is 13.1. The van der Waals surface area contributed by atoms with Gasteiger partial charge in [0.05, 0.1) is 29.2 Å². The number of Topliss-reactive ketones (excluding diaryl/α,β-unsaturated/α-hetero) is 1. The number of allylic oxidation sites excluding steroid dienone is 7. The summed E-state index contributed by atoms with van der Waals surface area (Å²) in [6.45, 7) is 16.7. The number of sulfonamides is 1. The number of ketones is 1. The van der Waals surface area contributed by atoms with Gasteiger partial charge >= 0.3 is 0 Å². The van der Waals surface area contributed by atoms with Gasteiger partial charge in [-0.25, -0.2) is 12.7 Å². The Morgan fingerprint density at radius 1 is 0.878 bits per heavy atom. The molecule has 18 heteroatoms. The molecule has 74 heavy (non-hydrogen) atoms. The minimum atomic E-state index is -4.07. The number of hydrogen-bond donors (Lipinski definition) is 3. The Balaban J connectivity index is 0.873. The number of carbonyl (C=O) groups excluding carboxylic acids is 3. The van der Waals surface area contributed by atoms with Crippen molar-refractivity contribution in [1.29, 1.82) is 0 Å². The lowest BCUT2D eigenvalue weighted by Crippen LogP contribution is -2.76. The van der Waals surface area contributed by atoms with E-state index in [0.29, 0.717) is 13.1 Å². The van der Waals surface area contributed by atoms with Gasteiger partial charge in [-0.2, -0.15) is 13.0 Å². The number of para-hydroxylation sites is 1. The summed E-state index contributed by atoms with van der Waals surface area (Å²) in [7, 11) is -4.46. The van der Waals surface area contributed by atoms with Gasteiger partial charge in [0.1, 0.15) is 46.3 Å². The first-order valence-corrected chi connectivity index (χ1v) is 29.9. The minimum absolute atomic E-state index is 0.0768. The molecule has 8 rings (SSSR count). The number of thioether (sulfide) groups is 1. The summed E-state index contributed by atoms with van der Waals surface area (Å²) < 4.78 is 65.4. The number of amides is 2. The molecule has 15 nitrogen and oxygen atoms in total. The number of piperazine rings is 3. The Kier molecular flexibility index (Phi) is 17.5. The number of quaternary nitrogens is 2. The monoisotopic (exact) mass is 1070 g/mol. The minimum Gasteiger partial charge on any atom is -0.365 e. The van der Waals surface area contributed by atoms with Crippen molar-refractivity contribution in [2.75, 3.05) is 103 Å². The van der Waals surface area contributed by atoms with Crippen LogP contribution in [-0.2, 0) is 58.2 Å². The molecule has 0 radical (unpaired) electrons. The summed E-state index contributed by atoms with van der Waals surface area (Å²) >= 11 is 1.60. The van der Waals surface area contributed by atoms with Crippen LogP contribution >= 0.6 is 11.8 Å². The average Bonchev–Trinajstić information content (AvgIpc) is 3.69. The standard InChI is InChI=1S/C56H73N7O8S3/c1-55(2)47-16-8-9-17-50(47)61(29-13-37-73(67,68)69)52(55)19-11-15-45(72-7)14-10-18-51-56(3,4)48-39-46(25-26-49(48)60(51)6)74(70,71)59(5)28-12-20-54(66)58-40-44(64)38-43-23-21-42(22-24-43)27-30-62-31-34-63(35-32-62,36-33-62)41-53(57)65/h8-11,14-19,21-26,39H,12-13,20,27-38,40-41H2,1-7H3,(H-3,57,58,65,66,67,68,69)/p+3. The molecular formula is C56H76N7O8S3+3. The van der Waals surface area contributed by atoms with Gasteiger partial charge in [-0.15, -0.1) is 11.8 Å². The highest BCUT2D eigenvalue weighted by molar-refractivity contribution is 8.02. The van der Waals surface area contributed by atoms with Crippen LogP contribution in [0.3, 0.4) is 0 Å². The second-order valence-electron chi connectivity index (χ2n) is 21.6. The Morgan fingerprint density at radius 3 is 2.20 bits per heavy atom. The van der Waals surface area contributed by atoms with Crippen molar-refractivity contribution < 1.29 is 49.3 Å². The van der Waals surface area contributed by atoms with Gasteiger partial charge in [0.2, 0.25) is 21.6 Å². The number of nitrogens with two attached hydrogens (primary N) is 1. The quantitative estimate of drug-likeness (QED) is 0.0414. The zero-order valence-corrected chi connectivity index (χ0v) is 46.6. The van der Waals surface area contributed by atoms with Crippen molar-refractivity contribution in [2.24, 2.45) is 5.73 Å². The lowest BCUT2D eigenvalue weighted by Gasteiger charge is -2.55. The first-order chi connectivity index (χ1) is 34.9. The predicted octanol–water partition coefficient (Wildman–Crippen LogP) is 6.03. The number of anilines is 1. The molecule has 398 valence electrons. The fourth-order valence-corrected chi connectivity index (χ4v) is 13.5. The lowest BCUT2D eigenvalue weighted by atomic mass is 9.81. The number of carbonyl (C=O) groups is 3. The molecule has 3 fully saturated rings. The molecule has 0 aromatic heterocycles. The number of nitrogens with zero attached hydrogens (tertiary/aromatic N) is 5. The molecule has 0 spiro atoms. The van der Waals surface area contributed by atoms with Crippen molar-refractivity contribution in [3.05, 3.63) is 136 Å². The molecule has 5 aliphatic rings. The van der Waals surface area contributed by atoms with Crippen LogP contribution in [0.15, 0.2) is 119 Å². The van der Waals surface area contributed by atoms with E-state index in [1.165, 1.54) is 16.9 Å². The van der Waals surface area contributed by atoms with Gasteiger partial charge < -0.3 is 24.9 Å². The Morgan fingerprint density at radius 2 is 1.54 bits per heavy atom. The van der Waals surface area contributed by atoms with E-state index >= 15 is 0 Å². The van der Waals surface area contributed by atoms with Gasteiger partial charge in [-0.1, -0.05) is 68.5 Å². The molecule has 2 bridgehead atoms. The SMILES string of the molecule is CSC(=C\C=C\C1=[N+](C)c2ccc(S(=O)(=O)N(C)CCCC(=O)NCC(=O)Cc3ccc(CC[N+]45CC[N+](CC(N)=O)(CC4)CC5)cc3)cc2C1(C)C)/C=C/C=C1/N(CCCS(=O)(=O)O)c2ccccc2C1(C)C. The Hall–Kier alpha value is -5.21. The maximum absolute atomic E-state index is 13.9. The lowest BCUT2D eigenvalue weighted by molar-refractivity contribution is -1.08. The van der Waals surface area contributed by atoms with E-state index in [2.05, 4.69) is 72.8 Å². The van der Waals surface area contributed by atoms with Crippen LogP contribution in [0.5, 0.6) is 0 Å².